The van der Waals surface area contributed by atoms with Crippen LogP contribution < -0.4 is 4.90 Å². The minimum absolute atomic E-state index is 0.297. The molecule has 3 aromatic carbocycles. The van der Waals surface area contributed by atoms with Gasteiger partial charge in [0.15, 0.2) is 0 Å². The highest BCUT2D eigenvalue weighted by Crippen LogP contribution is 2.39. The molecule has 1 aliphatic heterocycles. The topological polar surface area (TPSA) is 19.6 Å². The molecular weight excluding hydrogens is 308 g/mol. The van der Waals surface area contributed by atoms with Crippen molar-refractivity contribution in [1.82, 2.24) is 4.90 Å². The van der Waals surface area contributed by atoms with Crippen LogP contribution in [-0.4, -0.2) is 18.0 Å². The van der Waals surface area contributed by atoms with Gasteiger partial charge in [-0.2, -0.15) is 0 Å². The summed E-state index contributed by atoms with van der Waals surface area (Å²) < 4.78 is 29.5. The Morgan fingerprint density at radius 2 is 1.72 bits per heavy atom. The van der Waals surface area contributed by atoms with Crippen LogP contribution in [0.5, 0.6) is 0 Å². The van der Waals surface area contributed by atoms with E-state index in [1.54, 1.807) is 6.20 Å². The lowest BCUT2D eigenvalue weighted by atomic mass is 10.0. The van der Waals surface area contributed by atoms with E-state index < -0.39 is 6.98 Å². The molecule has 5 rings (SSSR count). The summed E-state index contributed by atoms with van der Waals surface area (Å²) in [6, 6.07) is 16.6. The summed E-state index contributed by atoms with van der Waals surface area (Å²) in [5.74, 6) is 0. The first-order valence-electron chi connectivity index (χ1n) is 9.95. The molecule has 0 saturated carbocycles. The summed E-state index contributed by atoms with van der Waals surface area (Å²) in [7, 11) is 0. The molecule has 0 spiro atoms. The highest BCUT2D eigenvalue weighted by Gasteiger charge is 2.23. The zero-order valence-electron chi connectivity index (χ0n) is 17.2. The third kappa shape index (κ3) is 1.92. The number of furan rings is 1. The number of hydrogen-bond acceptors (Lipinski definition) is 3. The van der Waals surface area contributed by atoms with Crippen LogP contribution in [0.1, 0.15) is 16.6 Å². The predicted molar refractivity (Wildman–Crippen MR) is 105 cm³/mol. The van der Waals surface area contributed by atoms with Gasteiger partial charge in [-0.25, -0.2) is 0 Å². The molecule has 2 heterocycles. The van der Waals surface area contributed by atoms with Gasteiger partial charge < -0.3 is 14.2 Å². The van der Waals surface area contributed by atoms with Crippen LogP contribution in [0.4, 0.5) is 5.69 Å². The molecule has 0 fully saturated rings. The van der Waals surface area contributed by atoms with Crippen molar-refractivity contribution in [2.45, 2.75) is 20.0 Å². The first-order chi connectivity index (χ1) is 13.4. The van der Waals surface area contributed by atoms with E-state index >= 15 is 0 Å². The van der Waals surface area contributed by atoms with E-state index in [1.165, 1.54) is 4.90 Å². The maximum atomic E-state index is 7.71. The Bertz CT molecular complexity index is 1260. The van der Waals surface area contributed by atoms with Crippen LogP contribution >= 0.6 is 0 Å². The lowest BCUT2D eigenvalue weighted by Gasteiger charge is -2.28. The number of nitrogens with zero attached hydrogens (tertiary/aromatic N) is 2. The van der Waals surface area contributed by atoms with Gasteiger partial charge in [0.25, 0.3) is 0 Å². The van der Waals surface area contributed by atoms with Crippen LogP contribution in [0.25, 0.3) is 32.7 Å². The average molecular weight is 331 g/mol. The third-order valence-electron chi connectivity index (χ3n) is 5.22. The molecule has 25 heavy (non-hydrogen) atoms. The first-order valence-corrected chi connectivity index (χ1v) is 8.45. The molecular formula is C22H20N2O. The minimum Gasteiger partial charge on any atom is -0.455 e. The van der Waals surface area contributed by atoms with Crippen LogP contribution in [0, 0.1) is 6.92 Å². The van der Waals surface area contributed by atoms with E-state index in [4.69, 9.17) is 8.53 Å². The van der Waals surface area contributed by atoms with Gasteiger partial charge in [-0.15, -0.1) is 0 Å². The van der Waals surface area contributed by atoms with Crippen LogP contribution in [0.2, 0.25) is 0 Å². The summed E-state index contributed by atoms with van der Waals surface area (Å²) in [5, 5.41) is 4.42. The first kappa shape index (κ1) is 11.6. The fourth-order valence-corrected chi connectivity index (χ4v) is 3.78. The van der Waals surface area contributed by atoms with Gasteiger partial charge in [0, 0.05) is 50.9 Å². The average Bonchev–Trinajstić information content (AvgIpc) is 3.23. The normalized spacial score (nSPS) is 19.8. The largest absolute Gasteiger partial charge is 0.455 e. The molecule has 0 amide bonds. The fraction of sp³-hybridized carbons (Fsp3) is 0.182. The van der Waals surface area contributed by atoms with Crippen molar-refractivity contribution < 1.29 is 8.53 Å². The molecule has 3 nitrogen and oxygen atoms in total. The number of anilines is 1. The summed E-state index contributed by atoms with van der Waals surface area (Å²) in [4.78, 5) is 3.37. The minimum atomic E-state index is -2.17. The molecule has 1 aromatic heterocycles. The molecule has 3 heteroatoms. The van der Waals surface area contributed by atoms with Crippen LogP contribution in [-0.2, 0) is 0 Å². The fourth-order valence-electron chi connectivity index (χ4n) is 3.78. The molecule has 0 unspecified atom stereocenters. The van der Waals surface area contributed by atoms with Crippen LogP contribution in [0.3, 0.4) is 0 Å². The van der Waals surface area contributed by atoms with Crippen LogP contribution in [0.15, 0.2) is 65.3 Å². The van der Waals surface area contributed by atoms with Crippen molar-refractivity contribution in [3.63, 3.8) is 0 Å². The maximum Gasteiger partial charge on any atom is 0.143 e. The van der Waals surface area contributed by atoms with Gasteiger partial charge in [-0.3, -0.25) is 0 Å². The van der Waals surface area contributed by atoms with E-state index in [9.17, 15) is 0 Å². The summed E-state index contributed by atoms with van der Waals surface area (Å²) in [6.45, 7) is 1.75. The number of aryl methyl sites for hydroxylation is 1. The van der Waals surface area contributed by atoms with E-state index in [-0.39, 0.29) is 6.17 Å². The molecule has 0 radical (unpaired) electrons. The SMILES string of the molecule is [2H]C([2H])([2H])N1C=CN(c2ccc3c(oc4c5ccccc5ccc34)c2C)[C@H]1C. The lowest BCUT2D eigenvalue weighted by molar-refractivity contribution is 0.383. The number of fused-ring (bicyclic) bond motifs is 5. The van der Waals surface area contributed by atoms with Crippen molar-refractivity contribution in [3.8, 4) is 0 Å². The monoisotopic (exact) mass is 331 g/mol. The molecule has 1 aliphatic rings. The Labute approximate surface area is 150 Å². The zero-order chi connectivity index (χ0) is 19.6. The maximum absolute atomic E-state index is 7.71. The second kappa shape index (κ2) is 5.03. The predicted octanol–water partition coefficient (Wildman–Crippen LogP) is 5.62. The molecule has 4 aromatic rings. The highest BCUT2D eigenvalue weighted by molar-refractivity contribution is 6.15. The second-order valence-corrected chi connectivity index (χ2v) is 6.60. The van der Waals surface area contributed by atoms with Crippen molar-refractivity contribution in [2.24, 2.45) is 0 Å². The lowest BCUT2D eigenvalue weighted by Crippen LogP contribution is -2.33. The van der Waals surface area contributed by atoms with Gasteiger partial charge >= 0.3 is 0 Å². The Morgan fingerprint density at radius 1 is 0.920 bits per heavy atom. The van der Waals surface area contributed by atoms with E-state index in [2.05, 4.69) is 30.3 Å². The van der Waals surface area contributed by atoms with Crippen molar-refractivity contribution in [3.05, 3.63) is 66.5 Å². The van der Waals surface area contributed by atoms with Gasteiger partial charge in [-0.05, 0) is 37.4 Å². The number of hydrogen-bond donors (Lipinski definition) is 0. The quantitative estimate of drug-likeness (QED) is 0.451. The molecule has 0 saturated heterocycles. The van der Waals surface area contributed by atoms with Crippen molar-refractivity contribution in [1.29, 1.82) is 0 Å². The Hall–Kier alpha value is -2.94. The van der Waals surface area contributed by atoms with Crippen molar-refractivity contribution >= 4 is 38.4 Å². The van der Waals surface area contributed by atoms with Gasteiger partial charge in [0.05, 0.1) is 0 Å². The standard InChI is InChI=1S/C22H20N2O/c1-14-20(24-13-12-23(3)15(24)2)11-10-18-19-9-8-16-6-4-5-7-17(16)22(19)25-21(14)18/h4-13,15H,1-3H3/t15-/m0/s1/i3D3. The van der Waals surface area contributed by atoms with Crippen molar-refractivity contribution in [2.75, 3.05) is 11.9 Å². The Kier molecular flexibility index (Phi) is 2.33. The van der Waals surface area contributed by atoms with Gasteiger partial charge in [-0.1, -0.05) is 30.3 Å². The Morgan fingerprint density at radius 3 is 2.56 bits per heavy atom. The molecule has 0 aliphatic carbocycles. The summed E-state index contributed by atoms with van der Waals surface area (Å²) in [6.07, 6.45) is 3.16. The molecule has 124 valence electrons. The molecule has 0 N–H and O–H groups in total. The highest BCUT2D eigenvalue weighted by atomic mass is 16.3. The van der Waals surface area contributed by atoms with Gasteiger partial charge in [0.2, 0.25) is 0 Å². The molecule has 1 atom stereocenters. The smallest absolute Gasteiger partial charge is 0.143 e. The summed E-state index contributed by atoms with van der Waals surface area (Å²) >= 11 is 0. The van der Waals surface area contributed by atoms with Gasteiger partial charge in [0.1, 0.15) is 17.3 Å². The summed E-state index contributed by atoms with van der Waals surface area (Å²) in [5.41, 5.74) is 3.69. The zero-order valence-corrected chi connectivity index (χ0v) is 14.2. The molecule has 0 bridgehead atoms. The van der Waals surface area contributed by atoms with E-state index in [0.717, 1.165) is 44.0 Å². The van der Waals surface area contributed by atoms with E-state index in [0.29, 0.717) is 0 Å². The van der Waals surface area contributed by atoms with E-state index in [1.807, 2.05) is 43.1 Å². The number of rotatable bonds is 1. The Balaban J connectivity index is 1.69. The second-order valence-electron chi connectivity index (χ2n) is 6.60. The number of benzene rings is 3. The third-order valence-corrected chi connectivity index (χ3v) is 5.22.